The lowest BCUT2D eigenvalue weighted by Crippen LogP contribution is -2.53. The minimum atomic E-state index is -0.713. The number of unbranched alkanes of at least 4 members (excludes halogenated alkanes) is 3. The average molecular weight is 841 g/mol. The lowest BCUT2D eigenvalue weighted by atomic mass is 9.45. The van der Waals surface area contributed by atoms with Crippen molar-refractivity contribution in [3.63, 3.8) is 0 Å². The highest BCUT2D eigenvalue weighted by Gasteiger charge is 2.55. The van der Waals surface area contributed by atoms with Gasteiger partial charge in [-0.15, -0.1) is 0 Å². The molecule has 6 nitrogen and oxygen atoms in total. The summed E-state index contributed by atoms with van der Waals surface area (Å²) in [5.74, 6) is 2.77. The van der Waals surface area contributed by atoms with Crippen molar-refractivity contribution < 1.29 is 29.7 Å². The predicted molar refractivity (Wildman–Crippen MR) is 252 cm³/mol. The van der Waals surface area contributed by atoms with E-state index in [9.17, 15) is 29.7 Å². The van der Waals surface area contributed by atoms with Gasteiger partial charge < -0.3 is 15.3 Å². The quantitative estimate of drug-likeness (QED) is 0.0556. The monoisotopic (exact) mass is 841 g/mol. The van der Waals surface area contributed by atoms with Crippen molar-refractivity contribution in [1.82, 2.24) is 0 Å². The zero-order chi connectivity index (χ0) is 44.6. The molecule has 0 aromatic rings. The molecule has 0 saturated heterocycles. The minimum Gasteiger partial charge on any atom is -0.481 e. The lowest BCUT2D eigenvalue weighted by molar-refractivity contribution is -0.141. The topological polar surface area (TPSA) is 112 Å². The van der Waals surface area contributed by atoms with E-state index in [0.29, 0.717) is 47.3 Å². The van der Waals surface area contributed by atoms with Crippen molar-refractivity contribution in [2.75, 3.05) is 0 Å². The summed E-state index contributed by atoms with van der Waals surface area (Å²) in [5, 5.41) is 31.0. The fourth-order valence-corrected chi connectivity index (χ4v) is 12.5. The van der Waals surface area contributed by atoms with Crippen LogP contribution in [-0.2, 0) is 14.4 Å². The number of aliphatic carboxylic acids is 3. The van der Waals surface area contributed by atoms with E-state index < -0.39 is 17.9 Å². The maximum atomic E-state index is 12.7. The first kappa shape index (κ1) is 54.0. The van der Waals surface area contributed by atoms with Gasteiger partial charge in [0.15, 0.2) is 0 Å². The summed E-state index contributed by atoms with van der Waals surface area (Å²) in [7, 11) is 0. The molecular weight excluding hydrogens is 745 g/mol. The van der Waals surface area contributed by atoms with E-state index in [4.69, 9.17) is 0 Å². The number of allylic oxidation sites excluding steroid dienone is 4. The van der Waals surface area contributed by atoms with E-state index in [0.717, 1.165) is 109 Å². The molecule has 60 heavy (non-hydrogen) atoms. The third-order valence-corrected chi connectivity index (χ3v) is 15.5. The molecule has 6 heteroatoms. The highest BCUT2D eigenvalue weighted by atomic mass is 16.4. The summed E-state index contributed by atoms with van der Waals surface area (Å²) < 4.78 is 0. The Kier molecular flexibility index (Phi) is 27.1. The van der Waals surface area contributed by atoms with Gasteiger partial charge in [0, 0.05) is 19.3 Å². The number of carboxylic acids is 3. The molecule has 1 fully saturated rings. The van der Waals surface area contributed by atoms with Crippen molar-refractivity contribution >= 4 is 17.9 Å². The Morgan fingerprint density at radius 2 is 0.900 bits per heavy atom. The molecule has 0 amide bonds. The highest BCUT2D eigenvalue weighted by molar-refractivity contribution is 5.67. The normalized spacial score (nSPS) is 27.2. The molecule has 0 aromatic heterocycles. The summed E-state index contributed by atoms with van der Waals surface area (Å²) in [6.45, 7) is 20.7. The number of rotatable bonds is 34. The second-order valence-electron chi connectivity index (χ2n) is 20.8. The van der Waals surface area contributed by atoms with Gasteiger partial charge in [0.25, 0.3) is 0 Å². The van der Waals surface area contributed by atoms with Crippen LogP contribution in [0.2, 0.25) is 0 Å². The van der Waals surface area contributed by atoms with Crippen LogP contribution in [0.15, 0.2) is 24.3 Å². The molecule has 2 aliphatic carbocycles. The molecule has 0 heterocycles. The Hall–Kier alpha value is -2.11. The Bertz CT molecular complexity index is 1240. The zero-order valence-corrected chi connectivity index (χ0v) is 40.4. The molecule has 0 aliphatic heterocycles. The van der Waals surface area contributed by atoms with Gasteiger partial charge in [0.05, 0.1) is 0 Å². The fraction of sp³-hybridized carbons (Fsp3) is 0.870. The summed E-state index contributed by atoms with van der Waals surface area (Å²) in [5.41, 5.74) is 0. The average Bonchev–Trinajstić information content (AvgIpc) is 3.18. The molecule has 14 unspecified atom stereocenters. The molecule has 0 spiro atoms. The predicted octanol–water partition coefficient (Wildman–Crippen LogP) is 15.5. The zero-order valence-electron chi connectivity index (χ0n) is 40.4. The van der Waals surface area contributed by atoms with Crippen molar-refractivity contribution in [1.29, 1.82) is 0 Å². The third-order valence-electron chi connectivity index (χ3n) is 15.5. The van der Waals surface area contributed by atoms with Gasteiger partial charge >= 0.3 is 17.9 Å². The molecule has 3 N–H and O–H groups in total. The van der Waals surface area contributed by atoms with Crippen LogP contribution in [0.4, 0.5) is 0 Å². The summed E-state index contributed by atoms with van der Waals surface area (Å²) in [6, 6.07) is 0. The van der Waals surface area contributed by atoms with Crippen LogP contribution in [0.1, 0.15) is 216 Å². The van der Waals surface area contributed by atoms with E-state index in [1.54, 1.807) is 0 Å². The van der Waals surface area contributed by atoms with Crippen LogP contribution in [0.5, 0.6) is 0 Å². The van der Waals surface area contributed by atoms with Gasteiger partial charge in [-0.2, -0.15) is 0 Å². The molecule has 0 radical (unpaired) electrons. The minimum absolute atomic E-state index is 0.0697. The summed E-state index contributed by atoms with van der Waals surface area (Å²) in [6.07, 6.45) is 32.5. The van der Waals surface area contributed by atoms with Gasteiger partial charge in [-0.1, -0.05) is 157 Å². The molecule has 2 rings (SSSR count). The second-order valence-corrected chi connectivity index (χ2v) is 20.8. The molecule has 0 bridgehead atoms. The van der Waals surface area contributed by atoms with E-state index in [2.05, 4.69) is 86.6 Å². The Labute approximate surface area is 370 Å². The molecule has 0 aromatic carbocycles. The molecular formula is C54H96O6. The van der Waals surface area contributed by atoms with Crippen LogP contribution in [0.25, 0.3) is 0 Å². The third kappa shape index (κ3) is 19.1. The van der Waals surface area contributed by atoms with Gasteiger partial charge in [0.1, 0.15) is 0 Å². The summed E-state index contributed by atoms with van der Waals surface area (Å²) >= 11 is 0. The van der Waals surface area contributed by atoms with Crippen LogP contribution >= 0.6 is 0 Å². The number of fused-ring (bicyclic) bond motifs is 1. The lowest BCUT2D eigenvalue weighted by Gasteiger charge is -2.59. The SMILES string of the molecule is CCCCC(CC(=O)O)CC1C=CC(CC(C)CCC)C2C(CC(C)CCC)C(CC=CCC(C)CC)C(CC(CCCC)CC(=O)O)C(CC(CCCC)CC(=O)O)C12. The maximum absolute atomic E-state index is 12.7. The Morgan fingerprint density at radius 1 is 0.483 bits per heavy atom. The van der Waals surface area contributed by atoms with Crippen molar-refractivity contribution in [3.05, 3.63) is 24.3 Å². The van der Waals surface area contributed by atoms with E-state index in [1.165, 1.54) is 25.7 Å². The number of carbonyl (C=O) groups is 3. The largest absolute Gasteiger partial charge is 0.481 e. The van der Waals surface area contributed by atoms with E-state index in [-0.39, 0.29) is 54.8 Å². The fourth-order valence-electron chi connectivity index (χ4n) is 12.5. The summed E-state index contributed by atoms with van der Waals surface area (Å²) in [4.78, 5) is 37.7. The second kappa shape index (κ2) is 30.1. The smallest absolute Gasteiger partial charge is 0.303 e. The molecule has 14 atom stereocenters. The highest BCUT2D eigenvalue weighted by Crippen LogP contribution is 2.61. The van der Waals surface area contributed by atoms with E-state index in [1.807, 2.05) is 0 Å². The van der Waals surface area contributed by atoms with Crippen LogP contribution in [-0.4, -0.2) is 33.2 Å². The number of hydrogen-bond acceptors (Lipinski definition) is 3. The Morgan fingerprint density at radius 3 is 1.33 bits per heavy atom. The first-order valence-corrected chi connectivity index (χ1v) is 25.7. The van der Waals surface area contributed by atoms with Gasteiger partial charge in [0.2, 0.25) is 0 Å². The van der Waals surface area contributed by atoms with Crippen LogP contribution in [0.3, 0.4) is 0 Å². The molecule has 1 saturated carbocycles. The van der Waals surface area contributed by atoms with Crippen molar-refractivity contribution in [2.24, 2.45) is 82.9 Å². The Balaban J connectivity index is 3.07. The first-order chi connectivity index (χ1) is 28.7. The van der Waals surface area contributed by atoms with Crippen molar-refractivity contribution in [3.8, 4) is 0 Å². The number of hydrogen-bond donors (Lipinski definition) is 3. The van der Waals surface area contributed by atoms with Crippen molar-refractivity contribution in [2.45, 2.75) is 216 Å². The first-order valence-electron chi connectivity index (χ1n) is 25.7. The van der Waals surface area contributed by atoms with Crippen LogP contribution in [0, 0.1) is 82.9 Å². The number of carboxylic acid groups (broad SMARTS) is 3. The van der Waals surface area contributed by atoms with Gasteiger partial charge in [-0.05, 0) is 147 Å². The molecule has 2 aliphatic rings. The van der Waals surface area contributed by atoms with Crippen LogP contribution < -0.4 is 0 Å². The standard InChI is InChI=1S/C54H96O6/c1-10-16-24-41(35-50(55)56)32-45-29-28-44(30-39(8)21-13-4)53-48(31-40(9)22-14-5)46(27-20-19-23-38(7)15-6)47(33-42(25-17-11-2)36-51(57)58)49(54(45)53)34-43(26-18-12-3)37-52(59)60/h19-20,28-29,38-49,53-54H,10-18,21-27,30-37H2,1-9H3,(H,55,56)(H,57,58)(H,59,60). The van der Waals surface area contributed by atoms with E-state index >= 15 is 0 Å². The maximum Gasteiger partial charge on any atom is 0.303 e. The molecule has 348 valence electrons. The van der Waals surface area contributed by atoms with Gasteiger partial charge in [-0.3, -0.25) is 14.4 Å². The van der Waals surface area contributed by atoms with Gasteiger partial charge in [-0.25, -0.2) is 0 Å².